The van der Waals surface area contributed by atoms with Crippen molar-refractivity contribution in [3.63, 3.8) is 0 Å². The zero-order valence-corrected chi connectivity index (χ0v) is 13.3. The van der Waals surface area contributed by atoms with E-state index >= 15 is 0 Å². The van der Waals surface area contributed by atoms with E-state index in [1.807, 2.05) is 26.0 Å². The van der Waals surface area contributed by atoms with E-state index in [0.29, 0.717) is 19.7 Å². The Labute approximate surface area is 130 Å². The van der Waals surface area contributed by atoms with Gasteiger partial charge in [0.2, 0.25) is 5.91 Å². The first kappa shape index (κ1) is 15.5. The largest absolute Gasteiger partial charge is 0.469 e. The van der Waals surface area contributed by atoms with E-state index in [0.717, 1.165) is 6.42 Å². The van der Waals surface area contributed by atoms with Crippen LogP contribution < -0.4 is 0 Å². The summed E-state index contributed by atoms with van der Waals surface area (Å²) in [5.41, 5.74) is -0.639. The number of carbonyl (C=O) groups is 2. The molecular weight excluding hydrogens is 286 g/mol. The highest BCUT2D eigenvalue weighted by Gasteiger charge is 2.67. The summed E-state index contributed by atoms with van der Waals surface area (Å²) in [4.78, 5) is 26.5. The van der Waals surface area contributed by atoms with E-state index in [-0.39, 0.29) is 24.1 Å². The van der Waals surface area contributed by atoms with E-state index in [1.165, 1.54) is 7.11 Å². The fourth-order valence-corrected chi connectivity index (χ4v) is 3.75. The minimum atomic E-state index is -0.639. The molecule has 0 aromatic rings. The summed E-state index contributed by atoms with van der Waals surface area (Å²) in [5.74, 6) is -1.33. The summed E-state index contributed by atoms with van der Waals surface area (Å²) in [6.45, 7) is 5.74. The van der Waals surface area contributed by atoms with Gasteiger partial charge in [-0.2, -0.15) is 0 Å². The van der Waals surface area contributed by atoms with Crippen LogP contribution in [0.5, 0.6) is 0 Å². The Balaban J connectivity index is 1.66. The van der Waals surface area contributed by atoms with Gasteiger partial charge < -0.3 is 19.1 Å². The number of hydrogen-bond acceptors (Lipinski definition) is 5. The van der Waals surface area contributed by atoms with Gasteiger partial charge in [-0.3, -0.25) is 9.59 Å². The van der Waals surface area contributed by atoms with Crippen molar-refractivity contribution < 1.29 is 23.8 Å². The molecule has 0 saturated carbocycles. The third-order valence-corrected chi connectivity index (χ3v) is 4.68. The van der Waals surface area contributed by atoms with Crippen LogP contribution in [0.2, 0.25) is 0 Å². The summed E-state index contributed by atoms with van der Waals surface area (Å²) >= 11 is 0. The molecule has 2 saturated heterocycles. The van der Waals surface area contributed by atoms with Gasteiger partial charge in [-0.05, 0) is 20.3 Å². The molecule has 6 nitrogen and oxygen atoms in total. The van der Waals surface area contributed by atoms with Crippen LogP contribution in [0.1, 0.15) is 20.3 Å². The van der Waals surface area contributed by atoms with Gasteiger partial charge in [0.15, 0.2) is 0 Å². The Kier molecular flexibility index (Phi) is 3.99. The maximum Gasteiger partial charge on any atom is 0.312 e. The molecule has 22 heavy (non-hydrogen) atoms. The van der Waals surface area contributed by atoms with Crippen LogP contribution in [0.3, 0.4) is 0 Å². The van der Waals surface area contributed by atoms with Crippen molar-refractivity contribution in [1.82, 2.24) is 4.90 Å². The molecule has 2 fully saturated rings. The summed E-state index contributed by atoms with van der Waals surface area (Å²) in [7, 11) is 1.35. The fraction of sp³-hybridized carbons (Fsp3) is 0.750. The number of ether oxygens (including phenoxy) is 3. The average Bonchev–Trinajstić information content (AvgIpc) is 3.11. The van der Waals surface area contributed by atoms with Crippen molar-refractivity contribution in [2.45, 2.75) is 38.1 Å². The highest BCUT2D eigenvalue weighted by Crippen LogP contribution is 2.52. The second kappa shape index (κ2) is 5.66. The molecule has 1 amide bonds. The first-order valence-corrected chi connectivity index (χ1v) is 7.84. The quantitative estimate of drug-likeness (QED) is 0.412. The predicted molar refractivity (Wildman–Crippen MR) is 78.0 cm³/mol. The molecule has 3 rings (SSSR count). The van der Waals surface area contributed by atoms with Gasteiger partial charge in [-0.1, -0.05) is 12.2 Å². The van der Waals surface area contributed by atoms with Gasteiger partial charge in [0.05, 0.1) is 31.8 Å². The molecule has 0 radical (unpaired) electrons. The lowest BCUT2D eigenvalue weighted by Crippen LogP contribution is -2.39. The lowest BCUT2D eigenvalue weighted by molar-refractivity contribution is -0.151. The zero-order valence-electron chi connectivity index (χ0n) is 13.3. The molecule has 0 aromatic carbocycles. The number of methoxy groups -OCH3 is 1. The zero-order chi connectivity index (χ0) is 15.9. The van der Waals surface area contributed by atoms with Crippen molar-refractivity contribution in [1.29, 1.82) is 0 Å². The van der Waals surface area contributed by atoms with Gasteiger partial charge in [0, 0.05) is 13.2 Å². The standard InChI is InChI=1S/C16H23NO5/c1-10(2)21-8-4-7-17-9-16-6-5-11(22-16)12(15(19)20-3)13(16)14(17)18/h5-6,10-13H,4,7-9H2,1-3H3/t11-,12?,13+,16-/m1/s1. The number of carbonyl (C=O) groups excluding carboxylic acids is 2. The molecule has 4 atom stereocenters. The molecule has 2 bridgehead atoms. The molecule has 6 heteroatoms. The lowest BCUT2D eigenvalue weighted by Gasteiger charge is -2.22. The second-order valence-electron chi connectivity index (χ2n) is 6.46. The van der Waals surface area contributed by atoms with Crippen molar-refractivity contribution in [3.05, 3.63) is 12.2 Å². The van der Waals surface area contributed by atoms with Gasteiger partial charge in [0.25, 0.3) is 0 Å². The number of hydrogen-bond donors (Lipinski definition) is 0. The third kappa shape index (κ3) is 2.34. The maximum absolute atomic E-state index is 12.7. The number of esters is 1. The van der Waals surface area contributed by atoms with Crippen molar-refractivity contribution in [3.8, 4) is 0 Å². The molecule has 122 valence electrons. The summed E-state index contributed by atoms with van der Waals surface area (Å²) in [5, 5.41) is 0. The first-order chi connectivity index (χ1) is 10.5. The number of rotatable bonds is 6. The van der Waals surface area contributed by atoms with Gasteiger partial charge in [-0.25, -0.2) is 0 Å². The molecule has 1 spiro atoms. The minimum absolute atomic E-state index is 0.00760. The monoisotopic (exact) mass is 309 g/mol. The smallest absolute Gasteiger partial charge is 0.312 e. The van der Waals surface area contributed by atoms with Gasteiger partial charge in [-0.15, -0.1) is 0 Å². The fourth-order valence-electron chi connectivity index (χ4n) is 3.75. The van der Waals surface area contributed by atoms with E-state index in [1.54, 1.807) is 4.90 Å². The molecular formula is C16H23NO5. The Bertz CT molecular complexity index is 503. The molecule has 3 aliphatic rings. The van der Waals surface area contributed by atoms with Crippen molar-refractivity contribution in [2.24, 2.45) is 11.8 Å². The second-order valence-corrected chi connectivity index (χ2v) is 6.46. The molecule has 0 aromatic heterocycles. The molecule has 0 aliphatic carbocycles. The molecule has 0 N–H and O–H groups in total. The predicted octanol–water partition coefficient (Wildman–Crippen LogP) is 0.757. The van der Waals surface area contributed by atoms with Gasteiger partial charge >= 0.3 is 5.97 Å². The van der Waals surface area contributed by atoms with Crippen LogP contribution in [0.15, 0.2) is 12.2 Å². The molecule has 3 aliphatic heterocycles. The van der Waals surface area contributed by atoms with Crippen molar-refractivity contribution in [2.75, 3.05) is 26.8 Å². The summed E-state index contributed by atoms with van der Waals surface area (Å²) < 4.78 is 16.3. The maximum atomic E-state index is 12.7. The Morgan fingerprint density at radius 2 is 2.32 bits per heavy atom. The Morgan fingerprint density at radius 3 is 3.00 bits per heavy atom. The van der Waals surface area contributed by atoms with Crippen molar-refractivity contribution >= 4 is 11.9 Å². The number of nitrogens with zero attached hydrogens (tertiary/aromatic N) is 1. The highest BCUT2D eigenvalue weighted by atomic mass is 16.5. The summed E-state index contributed by atoms with van der Waals surface area (Å²) in [6, 6.07) is 0. The number of likely N-dealkylation sites (tertiary alicyclic amines) is 1. The van der Waals surface area contributed by atoms with Crippen LogP contribution >= 0.6 is 0 Å². The van der Waals surface area contributed by atoms with Crippen LogP contribution in [0.25, 0.3) is 0 Å². The van der Waals surface area contributed by atoms with Gasteiger partial charge in [0.1, 0.15) is 11.5 Å². The van der Waals surface area contributed by atoms with E-state index in [4.69, 9.17) is 14.2 Å². The Hall–Kier alpha value is -1.40. The number of fused-ring (bicyclic) bond motifs is 1. The average molecular weight is 309 g/mol. The van der Waals surface area contributed by atoms with Crippen LogP contribution in [-0.2, 0) is 23.8 Å². The van der Waals surface area contributed by atoms with E-state index in [9.17, 15) is 9.59 Å². The minimum Gasteiger partial charge on any atom is -0.469 e. The highest BCUT2D eigenvalue weighted by molar-refractivity contribution is 5.91. The first-order valence-electron chi connectivity index (χ1n) is 7.84. The lowest BCUT2D eigenvalue weighted by atomic mass is 9.77. The van der Waals surface area contributed by atoms with Crippen LogP contribution in [0, 0.1) is 11.8 Å². The Morgan fingerprint density at radius 1 is 1.55 bits per heavy atom. The van der Waals surface area contributed by atoms with E-state index < -0.39 is 17.4 Å². The van der Waals surface area contributed by atoms with Crippen LogP contribution in [-0.4, -0.2) is 61.4 Å². The topological polar surface area (TPSA) is 65.1 Å². The molecule has 1 unspecified atom stereocenters. The third-order valence-electron chi connectivity index (χ3n) is 4.68. The van der Waals surface area contributed by atoms with E-state index in [2.05, 4.69) is 0 Å². The van der Waals surface area contributed by atoms with Crippen LogP contribution in [0.4, 0.5) is 0 Å². The SMILES string of the molecule is COC(=O)C1[C@H]2C(=O)N(CCCOC(C)C)C[C@]23C=C[C@H]1O3. The summed E-state index contributed by atoms with van der Waals surface area (Å²) in [6.07, 6.45) is 4.48. The number of amides is 1. The molecule has 3 heterocycles. The normalized spacial score (nSPS) is 35.5.